The second-order valence-electron chi connectivity index (χ2n) is 5.82. The zero-order chi connectivity index (χ0) is 12.1. The van der Waals surface area contributed by atoms with E-state index in [0.717, 1.165) is 26.1 Å². The van der Waals surface area contributed by atoms with Crippen molar-refractivity contribution < 1.29 is 9.84 Å². The summed E-state index contributed by atoms with van der Waals surface area (Å²) in [5.41, 5.74) is 0. The molecule has 2 fully saturated rings. The van der Waals surface area contributed by atoms with Crippen LogP contribution < -0.4 is 0 Å². The van der Waals surface area contributed by atoms with Crippen LogP contribution in [0.2, 0.25) is 0 Å². The van der Waals surface area contributed by atoms with Crippen molar-refractivity contribution in [2.45, 2.75) is 57.2 Å². The van der Waals surface area contributed by atoms with E-state index >= 15 is 0 Å². The van der Waals surface area contributed by atoms with E-state index in [-0.39, 0.29) is 6.10 Å². The minimum atomic E-state index is -0.0792. The van der Waals surface area contributed by atoms with Crippen LogP contribution in [0, 0.1) is 5.92 Å². The fourth-order valence-electron chi connectivity index (χ4n) is 3.19. The minimum absolute atomic E-state index is 0.0792. The third kappa shape index (κ3) is 4.23. The second-order valence-corrected chi connectivity index (χ2v) is 5.82. The van der Waals surface area contributed by atoms with E-state index in [1.807, 2.05) is 0 Å². The van der Waals surface area contributed by atoms with E-state index in [1.54, 1.807) is 0 Å². The smallest absolute Gasteiger partial charge is 0.0702 e. The first-order valence-corrected chi connectivity index (χ1v) is 7.24. The van der Waals surface area contributed by atoms with Gasteiger partial charge in [-0.05, 0) is 38.6 Å². The number of nitrogens with zero attached hydrogens (tertiary/aromatic N) is 1. The van der Waals surface area contributed by atoms with Crippen molar-refractivity contribution in [1.29, 1.82) is 0 Å². The fraction of sp³-hybridized carbons (Fsp3) is 1.00. The summed E-state index contributed by atoms with van der Waals surface area (Å²) in [6.07, 6.45) is 8.75. The number of rotatable bonds is 4. The van der Waals surface area contributed by atoms with E-state index in [1.165, 1.54) is 38.5 Å². The average molecular weight is 241 g/mol. The van der Waals surface area contributed by atoms with Gasteiger partial charge in [0.05, 0.1) is 12.2 Å². The molecule has 1 aliphatic carbocycles. The second kappa shape index (κ2) is 6.72. The lowest BCUT2D eigenvalue weighted by molar-refractivity contribution is 0.0500. The predicted molar refractivity (Wildman–Crippen MR) is 69.1 cm³/mol. The minimum Gasteiger partial charge on any atom is -0.393 e. The average Bonchev–Trinajstić information content (AvgIpc) is 2.71. The highest BCUT2D eigenvalue weighted by Gasteiger charge is 2.24. The fourth-order valence-corrected chi connectivity index (χ4v) is 3.19. The molecular weight excluding hydrogens is 214 g/mol. The quantitative estimate of drug-likeness (QED) is 0.765. The SMILES string of the molecule is CN(CC1CCCO1)CC1CCCCCC1O. The van der Waals surface area contributed by atoms with E-state index in [0.29, 0.717) is 12.0 Å². The van der Waals surface area contributed by atoms with Crippen LogP contribution in [0.5, 0.6) is 0 Å². The van der Waals surface area contributed by atoms with Gasteiger partial charge in [-0.15, -0.1) is 0 Å². The van der Waals surface area contributed by atoms with Crippen LogP contribution in [-0.4, -0.2) is 49.0 Å². The van der Waals surface area contributed by atoms with Gasteiger partial charge in [-0.25, -0.2) is 0 Å². The maximum atomic E-state index is 10.1. The van der Waals surface area contributed by atoms with Crippen molar-refractivity contribution in [3.8, 4) is 0 Å². The Morgan fingerprint density at radius 2 is 1.88 bits per heavy atom. The molecule has 0 amide bonds. The number of hydrogen-bond donors (Lipinski definition) is 1. The first-order valence-electron chi connectivity index (χ1n) is 7.24. The standard InChI is InChI=1S/C14H27NO2/c1-15(11-13-7-5-9-17-13)10-12-6-3-2-4-8-14(12)16/h12-14,16H,2-11H2,1H3. The normalized spacial score (nSPS) is 35.1. The van der Waals surface area contributed by atoms with Crippen molar-refractivity contribution >= 4 is 0 Å². The number of ether oxygens (including phenoxy) is 1. The molecule has 0 aromatic heterocycles. The summed E-state index contributed by atoms with van der Waals surface area (Å²) < 4.78 is 5.66. The molecule has 1 N–H and O–H groups in total. The van der Waals surface area contributed by atoms with Gasteiger partial charge >= 0.3 is 0 Å². The van der Waals surface area contributed by atoms with Crippen LogP contribution in [0.4, 0.5) is 0 Å². The van der Waals surface area contributed by atoms with E-state index in [9.17, 15) is 5.11 Å². The van der Waals surface area contributed by atoms with Gasteiger partial charge in [-0.3, -0.25) is 0 Å². The van der Waals surface area contributed by atoms with Crippen LogP contribution >= 0.6 is 0 Å². The Kier molecular flexibility index (Phi) is 5.26. The molecule has 3 atom stereocenters. The van der Waals surface area contributed by atoms with Crippen molar-refractivity contribution in [2.75, 3.05) is 26.7 Å². The molecule has 3 unspecified atom stereocenters. The molecule has 1 heterocycles. The van der Waals surface area contributed by atoms with Gasteiger partial charge in [0.1, 0.15) is 0 Å². The Morgan fingerprint density at radius 3 is 2.65 bits per heavy atom. The maximum Gasteiger partial charge on any atom is 0.0702 e. The van der Waals surface area contributed by atoms with Gasteiger partial charge < -0.3 is 14.7 Å². The molecule has 0 spiro atoms. The zero-order valence-electron chi connectivity index (χ0n) is 11.1. The molecule has 1 aliphatic heterocycles. The van der Waals surface area contributed by atoms with E-state index in [4.69, 9.17) is 4.74 Å². The Balaban J connectivity index is 1.73. The predicted octanol–water partition coefficient (Wildman–Crippen LogP) is 2.04. The molecule has 0 aromatic carbocycles. The first kappa shape index (κ1) is 13.3. The molecule has 3 nitrogen and oxygen atoms in total. The lowest BCUT2D eigenvalue weighted by Crippen LogP contribution is -2.36. The molecule has 3 heteroatoms. The zero-order valence-corrected chi connectivity index (χ0v) is 11.1. The Labute approximate surface area is 105 Å². The Morgan fingerprint density at radius 1 is 1.06 bits per heavy atom. The maximum absolute atomic E-state index is 10.1. The molecule has 2 aliphatic rings. The Hall–Kier alpha value is -0.120. The summed E-state index contributed by atoms with van der Waals surface area (Å²) >= 11 is 0. The first-order chi connectivity index (χ1) is 8.25. The van der Waals surface area contributed by atoms with Crippen LogP contribution in [0.15, 0.2) is 0 Å². The monoisotopic (exact) mass is 241 g/mol. The summed E-state index contributed by atoms with van der Waals surface area (Å²) in [5, 5.41) is 10.1. The summed E-state index contributed by atoms with van der Waals surface area (Å²) in [4.78, 5) is 2.36. The molecule has 17 heavy (non-hydrogen) atoms. The highest BCUT2D eigenvalue weighted by atomic mass is 16.5. The summed E-state index contributed by atoms with van der Waals surface area (Å²) in [6.45, 7) is 2.99. The van der Waals surface area contributed by atoms with E-state index in [2.05, 4.69) is 11.9 Å². The van der Waals surface area contributed by atoms with Gasteiger partial charge in [0.25, 0.3) is 0 Å². The van der Waals surface area contributed by atoms with Gasteiger partial charge in [0.2, 0.25) is 0 Å². The molecule has 0 radical (unpaired) electrons. The van der Waals surface area contributed by atoms with E-state index < -0.39 is 0 Å². The largest absolute Gasteiger partial charge is 0.393 e. The third-order valence-corrected chi connectivity index (χ3v) is 4.20. The van der Waals surface area contributed by atoms with Crippen LogP contribution in [0.25, 0.3) is 0 Å². The number of likely N-dealkylation sites (N-methyl/N-ethyl adjacent to an activating group) is 1. The molecule has 100 valence electrons. The Bertz CT molecular complexity index is 216. The molecule has 2 rings (SSSR count). The van der Waals surface area contributed by atoms with Crippen molar-refractivity contribution in [3.05, 3.63) is 0 Å². The molecule has 1 saturated heterocycles. The van der Waals surface area contributed by atoms with Crippen molar-refractivity contribution in [2.24, 2.45) is 5.92 Å². The van der Waals surface area contributed by atoms with Gasteiger partial charge in [-0.2, -0.15) is 0 Å². The molecule has 0 bridgehead atoms. The van der Waals surface area contributed by atoms with Gasteiger partial charge in [0, 0.05) is 19.7 Å². The topological polar surface area (TPSA) is 32.7 Å². The van der Waals surface area contributed by atoms with Crippen LogP contribution in [0.1, 0.15) is 44.9 Å². The number of aliphatic hydroxyl groups excluding tert-OH is 1. The van der Waals surface area contributed by atoms with Gasteiger partial charge in [-0.1, -0.05) is 19.3 Å². The van der Waals surface area contributed by atoms with Crippen LogP contribution in [-0.2, 0) is 4.74 Å². The molecular formula is C14H27NO2. The third-order valence-electron chi connectivity index (χ3n) is 4.20. The van der Waals surface area contributed by atoms with Crippen LogP contribution in [0.3, 0.4) is 0 Å². The highest BCUT2D eigenvalue weighted by Crippen LogP contribution is 2.24. The van der Waals surface area contributed by atoms with Crippen molar-refractivity contribution in [3.63, 3.8) is 0 Å². The van der Waals surface area contributed by atoms with Gasteiger partial charge in [0.15, 0.2) is 0 Å². The van der Waals surface area contributed by atoms with Crippen molar-refractivity contribution in [1.82, 2.24) is 4.90 Å². The lowest BCUT2D eigenvalue weighted by atomic mass is 9.96. The summed E-state index contributed by atoms with van der Waals surface area (Å²) in [7, 11) is 2.17. The summed E-state index contributed by atoms with van der Waals surface area (Å²) in [6, 6.07) is 0. The highest BCUT2D eigenvalue weighted by molar-refractivity contribution is 4.77. The molecule has 0 aromatic rings. The molecule has 1 saturated carbocycles. The summed E-state index contributed by atoms with van der Waals surface area (Å²) in [5.74, 6) is 0.476. The lowest BCUT2D eigenvalue weighted by Gasteiger charge is -2.27. The number of hydrogen-bond acceptors (Lipinski definition) is 3. The number of aliphatic hydroxyl groups is 1.